The van der Waals surface area contributed by atoms with Crippen LogP contribution in [0.2, 0.25) is 0 Å². The van der Waals surface area contributed by atoms with Gasteiger partial charge in [0, 0.05) is 123 Å². The van der Waals surface area contributed by atoms with Crippen molar-refractivity contribution in [1.29, 1.82) is 0 Å². The second-order valence-corrected chi connectivity index (χ2v) is 25.8. The van der Waals surface area contributed by atoms with Crippen LogP contribution in [-0.4, -0.2) is 176 Å². The number of hydrogen-bond acceptors (Lipinski definition) is 16. The van der Waals surface area contributed by atoms with Crippen molar-refractivity contribution in [2.75, 3.05) is 97.5 Å². The van der Waals surface area contributed by atoms with E-state index in [1.54, 1.807) is 7.11 Å². The number of fused-ring (bicyclic) bond motifs is 6. The molecular formula is C58H79N9O9S. The van der Waals surface area contributed by atoms with Crippen LogP contribution in [0.5, 0.6) is 0 Å². The topological polar surface area (TPSA) is 174 Å². The Morgan fingerprint density at radius 1 is 1.00 bits per heavy atom. The van der Waals surface area contributed by atoms with E-state index in [0.29, 0.717) is 78.5 Å². The number of pyridine rings is 1. The number of benzene rings is 1. The Labute approximate surface area is 456 Å². The second kappa shape index (κ2) is 21.2. The lowest BCUT2D eigenvalue weighted by molar-refractivity contribution is -0.203. The average Bonchev–Trinajstić information content (AvgIpc) is 4.12. The lowest BCUT2D eigenvalue weighted by Gasteiger charge is -2.58. The number of aromatic nitrogens is 3. The van der Waals surface area contributed by atoms with Crippen LogP contribution in [0.3, 0.4) is 0 Å². The number of nitrogens with zero attached hydrogens (tertiary/aromatic N) is 7. The van der Waals surface area contributed by atoms with Crippen molar-refractivity contribution in [2.24, 2.45) is 16.7 Å². The first-order valence-corrected chi connectivity index (χ1v) is 29.3. The number of esters is 1. The van der Waals surface area contributed by atoms with Crippen molar-refractivity contribution in [3.05, 3.63) is 52.1 Å². The van der Waals surface area contributed by atoms with E-state index in [2.05, 4.69) is 94.3 Å². The average molecular weight is 1080 g/mol. The number of hydrogen-bond donors (Lipinski definition) is 2. The first-order chi connectivity index (χ1) is 37.0. The number of hydrazine groups is 1. The molecule has 77 heavy (non-hydrogen) atoms. The van der Waals surface area contributed by atoms with Crippen molar-refractivity contribution in [3.63, 3.8) is 0 Å². The number of methoxy groups -OCH3 is 1. The van der Waals surface area contributed by atoms with Crippen LogP contribution in [-0.2, 0) is 55.8 Å². The Hall–Kier alpha value is -4.57. The van der Waals surface area contributed by atoms with Crippen molar-refractivity contribution in [3.8, 4) is 22.5 Å². The van der Waals surface area contributed by atoms with Crippen molar-refractivity contribution < 1.29 is 42.8 Å². The maximum atomic E-state index is 15.2. The summed E-state index contributed by atoms with van der Waals surface area (Å²) in [5.41, 5.74) is 10.3. The third-order valence-corrected chi connectivity index (χ3v) is 18.6. The number of ether oxygens (including phenoxy) is 6. The maximum absolute atomic E-state index is 15.2. The van der Waals surface area contributed by atoms with Gasteiger partial charge in [0.25, 0.3) is 5.91 Å². The minimum atomic E-state index is -1.04. The predicted molar refractivity (Wildman–Crippen MR) is 292 cm³/mol. The van der Waals surface area contributed by atoms with Gasteiger partial charge in [-0.2, -0.15) is 0 Å². The van der Waals surface area contributed by atoms with E-state index in [1.165, 1.54) is 29.2 Å². The molecule has 8 aliphatic rings. The van der Waals surface area contributed by atoms with Crippen LogP contribution >= 0.6 is 11.3 Å². The molecule has 1 unspecified atom stereocenters. The summed E-state index contributed by atoms with van der Waals surface area (Å²) < 4.78 is 39.3. The summed E-state index contributed by atoms with van der Waals surface area (Å²) in [6, 6.07) is 7.29. The van der Waals surface area contributed by atoms with Crippen LogP contribution in [0.15, 0.2) is 35.8 Å². The number of amides is 2. The predicted octanol–water partition coefficient (Wildman–Crippen LogP) is 6.31. The molecular weight excluding hydrogens is 999 g/mol. The molecule has 416 valence electrons. The molecule has 1 aliphatic carbocycles. The van der Waals surface area contributed by atoms with Crippen LogP contribution in [0.1, 0.15) is 108 Å². The van der Waals surface area contributed by atoms with Gasteiger partial charge in [0.05, 0.1) is 85.9 Å². The fraction of sp³-hybridized carbons (Fsp3) is 0.672. The lowest BCUT2D eigenvalue weighted by atomic mass is 9.76. The largest absolute Gasteiger partial charge is 0.464 e. The SMILES string of the molecule is CO[C@@H](C)c1ncc(N2CCN(C3CC3)CC2)cc1-c1c2c3cc(ccc3n1CCO[C@H]1CCOC(C)(C)C1)-c1csc(n1)[C@@H](N1CC3(COC3)C1)[C@H](NC(=O)C1OC[C@@H]1C)C(=O)N1CCC[C@H](N1)C(=O)OCC(C)(C)C2. The number of rotatable bonds is 12. The Bertz CT molecular complexity index is 2850. The molecule has 0 radical (unpaired) electrons. The van der Waals surface area contributed by atoms with Crippen LogP contribution in [0.25, 0.3) is 33.4 Å². The highest BCUT2D eigenvalue weighted by Gasteiger charge is 2.55. The smallest absolute Gasteiger partial charge is 0.324 e. The van der Waals surface area contributed by atoms with Gasteiger partial charge in [0.15, 0.2) is 0 Å². The first-order valence-electron chi connectivity index (χ1n) is 28.4. The fourth-order valence-corrected chi connectivity index (χ4v) is 14.0. The molecule has 1 saturated carbocycles. The summed E-state index contributed by atoms with van der Waals surface area (Å²) in [7, 11) is 1.74. The summed E-state index contributed by atoms with van der Waals surface area (Å²) in [5, 5.41) is 8.58. The zero-order valence-corrected chi connectivity index (χ0v) is 47.0. The highest BCUT2D eigenvalue weighted by atomic mass is 32.1. The number of carbonyl (C=O) groups excluding carboxylic acids is 3. The summed E-state index contributed by atoms with van der Waals surface area (Å²) >= 11 is 1.50. The Balaban J connectivity index is 1.00. The zero-order chi connectivity index (χ0) is 53.4. The van der Waals surface area contributed by atoms with Gasteiger partial charge in [-0.3, -0.25) is 34.2 Å². The van der Waals surface area contributed by atoms with E-state index in [4.69, 9.17) is 38.4 Å². The minimum Gasteiger partial charge on any atom is -0.464 e. The number of likely N-dealkylation sites (tertiary alicyclic amines) is 1. The molecule has 2 amide bonds. The van der Waals surface area contributed by atoms with E-state index in [0.717, 1.165) is 100 Å². The molecule has 6 saturated heterocycles. The minimum absolute atomic E-state index is 0.00103. The number of cyclic esters (lactones) is 1. The number of thiazole rings is 1. The molecule has 7 atom stereocenters. The standard InChI is InChI=1S/C58H79N9O9S/c1-35-28-74-51(35)52(68)61-48-50(65-30-58(31-65)33-72-34-58)53-60-45(29-77-53)37-10-13-46-41(23-37)43(26-56(3,4)32-75-55(70)44-9-8-15-67(62-44)54(48)69)49(66(46)20-22-73-40-14-21-76-57(5,6)25-40)42-24-39(27-59-47(42)36(2)71-7)64-18-16-63(17-19-64)38-11-12-38/h10,13,23-24,27,29,35-36,38,40,44,48,50-51,62H,8-9,11-12,14-22,25-26,28,30-34H2,1-7H3,(H,61,68)/t35-,36-,40-,44-,48-,50-,51?/m0/s1. The van der Waals surface area contributed by atoms with Gasteiger partial charge in [0.1, 0.15) is 23.2 Å². The van der Waals surface area contributed by atoms with Gasteiger partial charge >= 0.3 is 5.97 Å². The van der Waals surface area contributed by atoms with E-state index in [-0.39, 0.29) is 47.6 Å². The van der Waals surface area contributed by atoms with Crippen molar-refractivity contribution in [1.82, 2.24) is 40.1 Å². The molecule has 7 aliphatic heterocycles. The Morgan fingerprint density at radius 2 is 1.81 bits per heavy atom. The van der Waals surface area contributed by atoms with Gasteiger partial charge in [-0.05, 0) is 83.1 Å². The summed E-state index contributed by atoms with van der Waals surface area (Å²) in [6.45, 7) is 21.9. The molecule has 2 N–H and O–H groups in total. The van der Waals surface area contributed by atoms with Gasteiger partial charge < -0.3 is 43.2 Å². The van der Waals surface area contributed by atoms with Crippen molar-refractivity contribution in [2.45, 2.75) is 141 Å². The number of anilines is 1. The lowest BCUT2D eigenvalue weighted by Crippen LogP contribution is -2.70. The molecule has 19 heteroatoms. The molecule has 10 heterocycles. The first kappa shape index (κ1) is 53.1. The molecule has 6 bridgehead atoms. The van der Waals surface area contributed by atoms with Gasteiger partial charge in [0.2, 0.25) is 5.91 Å². The van der Waals surface area contributed by atoms with E-state index in [1.807, 2.05) is 13.1 Å². The summed E-state index contributed by atoms with van der Waals surface area (Å²) in [4.78, 5) is 61.8. The number of piperazine rings is 1. The molecule has 1 spiro atoms. The molecule has 4 aromatic rings. The van der Waals surface area contributed by atoms with E-state index >= 15 is 4.79 Å². The Morgan fingerprint density at radius 3 is 2.51 bits per heavy atom. The van der Waals surface area contributed by atoms with Crippen LogP contribution in [0, 0.1) is 16.7 Å². The zero-order valence-electron chi connectivity index (χ0n) is 46.1. The second-order valence-electron chi connectivity index (χ2n) is 25.0. The van der Waals surface area contributed by atoms with Gasteiger partial charge in [-0.25, -0.2) is 10.4 Å². The molecule has 3 aromatic heterocycles. The Kier molecular flexibility index (Phi) is 14.6. The van der Waals surface area contributed by atoms with Gasteiger partial charge in [-0.15, -0.1) is 11.3 Å². The quantitative estimate of drug-likeness (QED) is 0.151. The fourth-order valence-electron chi connectivity index (χ4n) is 13.0. The van der Waals surface area contributed by atoms with Crippen LogP contribution in [0.4, 0.5) is 5.69 Å². The molecule has 7 fully saturated rings. The third kappa shape index (κ3) is 10.7. The van der Waals surface area contributed by atoms with E-state index < -0.39 is 35.6 Å². The summed E-state index contributed by atoms with van der Waals surface area (Å²) in [6.07, 6.45) is 6.98. The van der Waals surface area contributed by atoms with Crippen molar-refractivity contribution >= 4 is 45.7 Å². The highest BCUT2D eigenvalue weighted by molar-refractivity contribution is 7.10. The summed E-state index contributed by atoms with van der Waals surface area (Å²) in [5.74, 6) is -1.07. The van der Waals surface area contributed by atoms with E-state index in [9.17, 15) is 9.59 Å². The molecule has 1 aromatic carbocycles. The number of nitrogens with one attached hydrogen (secondary N) is 2. The van der Waals surface area contributed by atoms with Crippen LogP contribution < -0.4 is 15.6 Å². The number of carbonyl (C=O) groups is 3. The molecule has 12 rings (SSSR count). The highest BCUT2D eigenvalue weighted by Crippen LogP contribution is 2.47. The third-order valence-electron chi connectivity index (χ3n) is 17.7. The molecule has 18 nitrogen and oxygen atoms in total. The monoisotopic (exact) mass is 1080 g/mol. The normalized spacial score (nSPS) is 29.0. The van der Waals surface area contributed by atoms with Gasteiger partial charge in [-0.1, -0.05) is 26.8 Å². The maximum Gasteiger partial charge on any atom is 0.324 e.